The van der Waals surface area contributed by atoms with Crippen molar-refractivity contribution in [3.8, 4) is 0 Å². The van der Waals surface area contributed by atoms with Crippen molar-refractivity contribution in [3.05, 3.63) is 94.8 Å². The van der Waals surface area contributed by atoms with Gasteiger partial charge in [-0.2, -0.15) is 0 Å². The normalized spacial score (nSPS) is 16.9. The number of benzene rings is 2. The van der Waals surface area contributed by atoms with Gasteiger partial charge in [-0.15, -0.1) is 0 Å². The summed E-state index contributed by atoms with van der Waals surface area (Å²) in [6.45, 7) is 0.572. The van der Waals surface area contributed by atoms with Gasteiger partial charge >= 0.3 is 6.03 Å². The molecule has 1 atom stereocenters. The molecule has 1 saturated heterocycles. The zero-order valence-electron chi connectivity index (χ0n) is 19.5. The fourth-order valence-corrected chi connectivity index (χ4v) is 4.57. The van der Waals surface area contributed by atoms with Crippen molar-refractivity contribution >= 4 is 29.4 Å². The molecule has 3 N–H and O–H groups in total. The molecule has 0 saturated carbocycles. The van der Waals surface area contributed by atoms with Crippen LogP contribution in [0.4, 0.5) is 10.5 Å². The van der Waals surface area contributed by atoms with E-state index in [1.54, 1.807) is 18.3 Å². The Bertz CT molecular complexity index is 1340. The molecule has 3 aromatic rings. The fourth-order valence-electron chi connectivity index (χ4n) is 4.57. The highest BCUT2D eigenvalue weighted by Gasteiger charge is 2.39. The summed E-state index contributed by atoms with van der Waals surface area (Å²) in [5, 5.41) is 8.00. The maximum Gasteiger partial charge on any atom is 0.319 e. The first-order chi connectivity index (χ1) is 17.5. The van der Waals surface area contributed by atoms with Gasteiger partial charge in [0.15, 0.2) is 0 Å². The topological polar surface area (TPSA) is 120 Å². The molecule has 3 heterocycles. The molecule has 9 nitrogen and oxygen atoms in total. The number of carbonyl (C=O) groups is 4. The van der Waals surface area contributed by atoms with Gasteiger partial charge in [0.2, 0.25) is 11.8 Å². The summed E-state index contributed by atoms with van der Waals surface area (Å²) < 4.78 is 0. The number of fused-ring (bicyclic) bond motifs is 1. The Hall–Kier alpha value is -4.53. The van der Waals surface area contributed by atoms with Crippen LogP contribution in [0.25, 0.3) is 0 Å². The van der Waals surface area contributed by atoms with E-state index in [1.807, 2.05) is 48.5 Å². The van der Waals surface area contributed by atoms with Crippen LogP contribution in [-0.2, 0) is 29.1 Å². The second kappa shape index (κ2) is 9.99. The number of pyridine rings is 1. The van der Waals surface area contributed by atoms with Crippen LogP contribution in [0.1, 0.15) is 45.6 Å². The molecule has 0 radical (unpaired) electrons. The van der Waals surface area contributed by atoms with Crippen LogP contribution in [0.2, 0.25) is 0 Å². The summed E-state index contributed by atoms with van der Waals surface area (Å²) in [6.07, 6.45) is 2.96. The summed E-state index contributed by atoms with van der Waals surface area (Å²) in [7, 11) is 0. The van der Waals surface area contributed by atoms with E-state index in [9.17, 15) is 19.2 Å². The van der Waals surface area contributed by atoms with Crippen molar-refractivity contribution in [1.82, 2.24) is 20.5 Å². The third-order valence-corrected chi connectivity index (χ3v) is 6.34. The summed E-state index contributed by atoms with van der Waals surface area (Å²) in [5.74, 6) is -0.968. The zero-order valence-corrected chi connectivity index (χ0v) is 19.5. The van der Waals surface area contributed by atoms with Gasteiger partial charge in [-0.05, 0) is 53.4 Å². The van der Waals surface area contributed by atoms with E-state index >= 15 is 0 Å². The Balaban J connectivity index is 1.17. The highest BCUT2D eigenvalue weighted by atomic mass is 16.2. The van der Waals surface area contributed by atoms with Gasteiger partial charge in [0.1, 0.15) is 6.04 Å². The van der Waals surface area contributed by atoms with E-state index in [0.717, 1.165) is 22.4 Å². The third kappa shape index (κ3) is 5.10. The van der Waals surface area contributed by atoms with Crippen LogP contribution in [0.5, 0.6) is 0 Å². The number of anilines is 1. The molecular weight excluding hydrogens is 458 g/mol. The smallest absolute Gasteiger partial charge is 0.319 e. The van der Waals surface area contributed by atoms with Gasteiger partial charge < -0.3 is 15.5 Å². The molecule has 1 unspecified atom stereocenters. The van der Waals surface area contributed by atoms with Crippen molar-refractivity contribution < 1.29 is 19.2 Å². The molecule has 2 aromatic carbocycles. The molecule has 5 rings (SSSR count). The van der Waals surface area contributed by atoms with Crippen LogP contribution in [0.15, 0.2) is 66.9 Å². The van der Waals surface area contributed by atoms with E-state index in [2.05, 4.69) is 20.9 Å². The van der Waals surface area contributed by atoms with Crippen molar-refractivity contribution in [2.45, 2.75) is 38.4 Å². The van der Waals surface area contributed by atoms with Crippen LogP contribution in [0.3, 0.4) is 0 Å². The van der Waals surface area contributed by atoms with Gasteiger partial charge in [-0.3, -0.25) is 24.7 Å². The van der Waals surface area contributed by atoms with E-state index in [4.69, 9.17) is 0 Å². The molecule has 1 fully saturated rings. The molecular formula is C27H25N5O4. The number of nitrogens with one attached hydrogen (secondary N) is 3. The lowest BCUT2D eigenvalue weighted by molar-refractivity contribution is -0.136. The first kappa shape index (κ1) is 23.2. The Labute approximate surface area is 207 Å². The van der Waals surface area contributed by atoms with Gasteiger partial charge in [0, 0.05) is 49.1 Å². The average Bonchev–Trinajstić information content (AvgIpc) is 3.19. The first-order valence-electron chi connectivity index (χ1n) is 11.8. The SMILES string of the molecule is O=C1CCC(N2Cc3cc(CNC(=O)Nc4cccc(Cc5ccccn5)c4)ccc3C2=O)C(=O)N1. The fraction of sp³-hybridized carbons (Fsp3) is 0.222. The molecule has 2 aliphatic rings. The maximum absolute atomic E-state index is 12.8. The Morgan fingerprint density at radius 2 is 1.92 bits per heavy atom. The number of nitrogens with zero attached hydrogens (tertiary/aromatic N) is 2. The number of aromatic nitrogens is 1. The van der Waals surface area contributed by atoms with Crippen LogP contribution < -0.4 is 16.0 Å². The molecule has 36 heavy (non-hydrogen) atoms. The quantitative estimate of drug-likeness (QED) is 0.466. The van der Waals surface area contributed by atoms with Gasteiger partial charge in [-0.1, -0.05) is 30.3 Å². The van der Waals surface area contributed by atoms with Crippen molar-refractivity contribution in [2.75, 3.05) is 5.32 Å². The van der Waals surface area contributed by atoms with E-state index in [0.29, 0.717) is 30.6 Å². The number of carbonyl (C=O) groups excluding carboxylic acids is 4. The van der Waals surface area contributed by atoms with Crippen LogP contribution in [-0.4, -0.2) is 39.7 Å². The second-order valence-electron chi connectivity index (χ2n) is 8.90. The molecule has 0 spiro atoms. The van der Waals surface area contributed by atoms with Crippen molar-refractivity contribution in [2.24, 2.45) is 0 Å². The molecule has 1 aromatic heterocycles. The lowest BCUT2D eigenvalue weighted by Gasteiger charge is -2.29. The predicted octanol–water partition coefficient (Wildman–Crippen LogP) is 2.76. The van der Waals surface area contributed by atoms with E-state index in [-0.39, 0.29) is 30.8 Å². The number of rotatable bonds is 6. The summed E-state index contributed by atoms with van der Waals surface area (Å²) in [4.78, 5) is 54.8. The lowest BCUT2D eigenvalue weighted by Crippen LogP contribution is -2.52. The molecule has 182 valence electrons. The first-order valence-corrected chi connectivity index (χ1v) is 11.8. The van der Waals surface area contributed by atoms with Gasteiger partial charge in [0.05, 0.1) is 0 Å². The summed E-state index contributed by atoms with van der Waals surface area (Å²) >= 11 is 0. The minimum Gasteiger partial charge on any atom is -0.334 e. The van der Waals surface area contributed by atoms with Crippen molar-refractivity contribution in [3.63, 3.8) is 0 Å². The number of hydrogen-bond donors (Lipinski definition) is 3. The number of hydrogen-bond acceptors (Lipinski definition) is 5. The van der Waals surface area contributed by atoms with Gasteiger partial charge in [0.25, 0.3) is 5.91 Å². The summed E-state index contributed by atoms with van der Waals surface area (Å²) in [5.41, 5.74) is 4.84. The monoisotopic (exact) mass is 483 g/mol. The number of imide groups is 1. The van der Waals surface area contributed by atoms with E-state index < -0.39 is 11.9 Å². The third-order valence-electron chi connectivity index (χ3n) is 6.34. The summed E-state index contributed by atoms with van der Waals surface area (Å²) in [6, 6.07) is 17.8. The Morgan fingerprint density at radius 1 is 1.03 bits per heavy atom. The molecule has 0 bridgehead atoms. The molecule has 0 aliphatic carbocycles. The largest absolute Gasteiger partial charge is 0.334 e. The minimum absolute atomic E-state index is 0.215. The zero-order chi connectivity index (χ0) is 25.1. The average molecular weight is 484 g/mol. The number of urea groups is 1. The number of amides is 5. The Morgan fingerprint density at radius 3 is 2.72 bits per heavy atom. The Kier molecular flexibility index (Phi) is 6.44. The highest BCUT2D eigenvalue weighted by Crippen LogP contribution is 2.28. The van der Waals surface area contributed by atoms with Crippen LogP contribution in [0, 0.1) is 0 Å². The van der Waals surface area contributed by atoms with Gasteiger partial charge in [-0.25, -0.2) is 4.79 Å². The second-order valence-corrected chi connectivity index (χ2v) is 8.90. The predicted molar refractivity (Wildman–Crippen MR) is 132 cm³/mol. The standard InChI is InChI=1S/C27H25N5O4/c33-24-10-9-23(25(34)31-24)32-16-19-12-18(7-8-22(19)26(32)35)15-29-27(36)30-21-6-3-4-17(14-21)13-20-5-1-2-11-28-20/h1-8,11-12,14,23H,9-10,13,15-16H2,(H2,29,30,36)(H,31,33,34). The van der Waals surface area contributed by atoms with Crippen LogP contribution >= 0.6 is 0 Å². The molecule has 9 heteroatoms. The molecule has 2 aliphatic heterocycles. The maximum atomic E-state index is 12.8. The highest BCUT2D eigenvalue weighted by molar-refractivity contribution is 6.05. The van der Waals surface area contributed by atoms with E-state index in [1.165, 1.54) is 4.90 Å². The lowest BCUT2D eigenvalue weighted by atomic mass is 10.0. The minimum atomic E-state index is -0.650. The van der Waals surface area contributed by atoms with Crippen molar-refractivity contribution in [1.29, 1.82) is 0 Å². The number of piperidine rings is 1. The molecule has 5 amide bonds.